The van der Waals surface area contributed by atoms with E-state index in [4.69, 9.17) is 10.1 Å². The van der Waals surface area contributed by atoms with E-state index in [1.807, 2.05) is 43.3 Å². The number of amides is 2. The lowest BCUT2D eigenvalue weighted by Crippen LogP contribution is -2.30. The van der Waals surface area contributed by atoms with Crippen molar-refractivity contribution in [2.45, 2.75) is 52.6 Å². The number of ether oxygens (including phenoxy) is 1. The number of carboxylic acid groups (broad SMARTS) is 1. The average molecular weight is 525 g/mol. The first-order chi connectivity index (χ1) is 18.2. The molecule has 0 fully saturated rings. The maximum atomic E-state index is 12.5. The number of imidazole rings is 1. The molecule has 0 radical (unpaired) electrons. The molecule has 10 nitrogen and oxygen atoms in total. The molecule has 204 valence electrons. The normalized spacial score (nSPS) is 11.3. The number of fused-ring (bicyclic) bond motifs is 1. The zero-order chi connectivity index (χ0) is 28.1. The molecule has 10 heteroatoms. The lowest BCUT2D eigenvalue weighted by molar-refractivity contribution is -0.139. The Kier molecular flexibility index (Phi) is 12.0. The first kappa shape index (κ1) is 30.0. The molecule has 0 bridgehead atoms. The third kappa shape index (κ3) is 9.02. The van der Waals surface area contributed by atoms with Gasteiger partial charge in [-0.05, 0) is 42.5 Å². The summed E-state index contributed by atoms with van der Waals surface area (Å²) >= 11 is 0. The summed E-state index contributed by atoms with van der Waals surface area (Å²) < 4.78 is 6.63. The molecule has 2 aromatic carbocycles. The van der Waals surface area contributed by atoms with Crippen molar-refractivity contribution in [3.05, 3.63) is 65.5 Å². The lowest BCUT2D eigenvalue weighted by Gasteiger charge is -2.20. The van der Waals surface area contributed by atoms with Gasteiger partial charge >= 0.3 is 11.9 Å². The molecule has 0 aliphatic heterocycles. The molecule has 0 spiro atoms. The van der Waals surface area contributed by atoms with E-state index >= 15 is 0 Å². The molecule has 1 aromatic heterocycles. The zero-order valence-electron chi connectivity index (χ0n) is 22.3. The predicted molar refractivity (Wildman–Crippen MR) is 144 cm³/mol. The van der Waals surface area contributed by atoms with Crippen molar-refractivity contribution in [1.29, 1.82) is 0 Å². The highest BCUT2D eigenvalue weighted by Crippen LogP contribution is 2.27. The van der Waals surface area contributed by atoms with Crippen LogP contribution in [0.2, 0.25) is 0 Å². The fourth-order valence-corrected chi connectivity index (χ4v) is 3.83. The Morgan fingerprint density at radius 1 is 1.13 bits per heavy atom. The van der Waals surface area contributed by atoms with Gasteiger partial charge < -0.3 is 25.0 Å². The van der Waals surface area contributed by atoms with Gasteiger partial charge in [-0.1, -0.05) is 51.1 Å². The second-order valence-electron chi connectivity index (χ2n) is 9.11. The minimum absolute atomic E-state index is 0.208. The van der Waals surface area contributed by atoms with Crippen molar-refractivity contribution in [3.8, 4) is 0 Å². The number of carbonyl (C=O) groups excluding carboxylic acids is 3. The van der Waals surface area contributed by atoms with Gasteiger partial charge in [-0.25, -0.2) is 4.98 Å². The van der Waals surface area contributed by atoms with Crippen molar-refractivity contribution < 1.29 is 29.0 Å². The number of hydrogen-bond acceptors (Lipinski definition) is 6. The van der Waals surface area contributed by atoms with Crippen molar-refractivity contribution in [3.63, 3.8) is 0 Å². The first-order valence-electron chi connectivity index (χ1n) is 12.5. The van der Waals surface area contributed by atoms with Crippen molar-refractivity contribution in [1.82, 2.24) is 20.2 Å². The van der Waals surface area contributed by atoms with Crippen LogP contribution < -0.4 is 10.6 Å². The number of aliphatic carboxylic acids is 1. The summed E-state index contributed by atoms with van der Waals surface area (Å²) in [5, 5.41) is 13.4. The Balaban J connectivity index is 0.000000757. The Bertz CT molecular complexity index is 1220. The zero-order valence-corrected chi connectivity index (χ0v) is 22.3. The van der Waals surface area contributed by atoms with E-state index in [0.717, 1.165) is 29.7 Å². The molecule has 0 saturated carbocycles. The average Bonchev–Trinajstić information content (AvgIpc) is 3.24. The van der Waals surface area contributed by atoms with E-state index < -0.39 is 11.9 Å². The highest BCUT2D eigenvalue weighted by molar-refractivity contribution is 5.98. The molecule has 3 N–H and O–H groups in total. The topological polar surface area (TPSA) is 140 Å². The van der Waals surface area contributed by atoms with Gasteiger partial charge in [0.2, 0.25) is 6.41 Å². The van der Waals surface area contributed by atoms with Crippen molar-refractivity contribution in [2.75, 3.05) is 13.7 Å². The Morgan fingerprint density at radius 3 is 2.39 bits per heavy atom. The molecule has 0 aliphatic rings. The van der Waals surface area contributed by atoms with E-state index in [0.29, 0.717) is 36.4 Å². The number of esters is 1. The molecule has 1 heterocycles. The minimum Gasteiger partial charge on any atom is -0.481 e. The summed E-state index contributed by atoms with van der Waals surface area (Å²) in [5.41, 5.74) is 2.99. The molecule has 0 aliphatic carbocycles. The summed E-state index contributed by atoms with van der Waals surface area (Å²) in [6.45, 7) is 6.39. The van der Waals surface area contributed by atoms with Gasteiger partial charge in [0, 0.05) is 18.5 Å². The molecule has 2 amide bonds. The van der Waals surface area contributed by atoms with Gasteiger partial charge in [-0.3, -0.25) is 19.2 Å². The van der Waals surface area contributed by atoms with Crippen LogP contribution in [0.3, 0.4) is 0 Å². The number of aromatic nitrogens is 2. The van der Waals surface area contributed by atoms with Gasteiger partial charge in [0.1, 0.15) is 12.4 Å². The molecular weight excluding hydrogens is 488 g/mol. The highest BCUT2D eigenvalue weighted by atomic mass is 16.5. The van der Waals surface area contributed by atoms with E-state index in [1.165, 1.54) is 7.11 Å². The number of rotatable bonds is 12. The highest BCUT2D eigenvalue weighted by Gasteiger charge is 2.22. The van der Waals surface area contributed by atoms with Crippen LogP contribution in [0.15, 0.2) is 48.5 Å². The first-order valence-corrected chi connectivity index (χ1v) is 12.5. The SMILES string of the molecule is CCCC(=O)O.COC(=O)CNC(=O)c1ccc2c(c1)nc(C(CC(C)C)NC=O)n2Cc1ccccc1. The number of hydrogen-bond donors (Lipinski definition) is 3. The van der Waals surface area contributed by atoms with Crippen LogP contribution in [0, 0.1) is 5.92 Å². The molecule has 3 aromatic rings. The summed E-state index contributed by atoms with van der Waals surface area (Å²) in [7, 11) is 1.27. The third-order valence-corrected chi connectivity index (χ3v) is 5.60. The summed E-state index contributed by atoms with van der Waals surface area (Å²) in [6.07, 6.45) is 2.45. The summed E-state index contributed by atoms with van der Waals surface area (Å²) in [6, 6.07) is 15.0. The van der Waals surface area contributed by atoms with Crippen molar-refractivity contribution >= 4 is 35.3 Å². The maximum absolute atomic E-state index is 12.5. The van der Waals surface area contributed by atoms with E-state index in [9.17, 15) is 19.2 Å². The van der Waals surface area contributed by atoms with Crippen molar-refractivity contribution in [2.24, 2.45) is 5.92 Å². The third-order valence-electron chi connectivity index (χ3n) is 5.60. The van der Waals surface area contributed by atoms with Crippen LogP contribution in [0.4, 0.5) is 0 Å². The van der Waals surface area contributed by atoms with Gasteiger partial charge in [-0.15, -0.1) is 0 Å². The van der Waals surface area contributed by atoms with E-state index in [-0.39, 0.29) is 18.5 Å². The van der Waals surface area contributed by atoms with Gasteiger partial charge in [-0.2, -0.15) is 0 Å². The fourth-order valence-electron chi connectivity index (χ4n) is 3.83. The molecule has 3 rings (SSSR count). The quantitative estimate of drug-likeness (QED) is 0.242. The summed E-state index contributed by atoms with van der Waals surface area (Å²) in [4.78, 5) is 49.5. The fraction of sp³-hybridized carbons (Fsp3) is 0.393. The number of nitrogens with zero attached hydrogens (tertiary/aromatic N) is 2. The molecule has 0 saturated heterocycles. The van der Waals surface area contributed by atoms with Crippen LogP contribution in [-0.4, -0.2) is 52.6 Å². The standard InChI is InChI=1S/C24H28N4O4.C4H8O2/c1-16(2)11-20(26-15-29)23-27-19-12-18(24(31)25-13-22(30)32-3)9-10-21(19)28(23)14-17-7-5-4-6-8-17;1-2-3-4(5)6/h4-10,12,15-16,20H,11,13-14H2,1-3H3,(H,25,31)(H,26,29);2-3H2,1H3,(H,5,6). The predicted octanol–water partition coefficient (Wildman–Crippen LogP) is 3.69. The Morgan fingerprint density at radius 2 is 1.84 bits per heavy atom. The van der Waals surface area contributed by atoms with Crippen LogP contribution in [0.5, 0.6) is 0 Å². The number of methoxy groups -OCH3 is 1. The Hall–Kier alpha value is -4.21. The smallest absolute Gasteiger partial charge is 0.325 e. The number of nitrogens with one attached hydrogen (secondary N) is 2. The molecular formula is C28H36N4O6. The van der Waals surface area contributed by atoms with Crippen LogP contribution in [0.25, 0.3) is 11.0 Å². The second-order valence-corrected chi connectivity index (χ2v) is 9.11. The maximum Gasteiger partial charge on any atom is 0.325 e. The number of carbonyl (C=O) groups is 4. The second kappa shape index (κ2) is 15.1. The lowest BCUT2D eigenvalue weighted by atomic mass is 10.0. The largest absolute Gasteiger partial charge is 0.481 e. The van der Waals surface area contributed by atoms with Gasteiger partial charge in [0.25, 0.3) is 5.91 Å². The molecule has 38 heavy (non-hydrogen) atoms. The number of carboxylic acids is 1. The monoisotopic (exact) mass is 524 g/mol. The van der Waals surface area contributed by atoms with E-state index in [1.54, 1.807) is 12.1 Å². The van der Waals surface area contributed by atoms with E-state index in [2.05, 4.69) is 33.8 Å². The van der Waals surface area contributed by atoms with Gasteiger partial charge in [0.05, 0.1) is 24.2 Å². The van der Waals surface area contributed by atoms with Crippen LogP contribution >= 0.6 is 0 Å². The van der Waals surface area contributed by atoms with Gasteiger partial charge in [0.15, 0.2) is 0 Å². The molecule has 1 unspecified atom stereocenters. The molecule has 1 atom stereocenters. The van der Waals surface area contributed by atoms with Crippen LogP contribution in [0.1, 0.15) is 67.8 Å². The minimum atomic E-state index is -0.711. The van der Waals surface area contributed by atoms with Crippen LogP contribution in [-0.2, 0) is 25.7 Å². The number of benzene rings is 2. The Labute approximate surface area is 222 Å². The summed E-state index contributed by atoms with van der Waals surface area (Å²) in [5.74, 6) is -0.544.